The molecular weight excluding hydrogens is 264 g/mol. The fourth-order valence-corrected chi connectivity index (χ4v) is 1.96. The van der Waals surface area contributed by atoms with E-state index < -0.39 is 5.97 Å². The largest absolute Gasteiger partial charge is 0.506 e. The second-order valence-electron chi connectivity index (χ2n) is 3.89. The molecule has 3 nitrogen and oxygen atoms in total. The summed E-state index contributed by atoms with van der Waals surface area (Å²) >= 11 is 5.88. The van der Waals surface area contributed by atoms with Crippen LogP contribution in [0.15, 0.2) is 48.5 Å². The Morgan fingerprint density at radius 2 is 1.74 bits per heavy atom. The van der Waals surface area contributed by atoms with Crippen molar-refractivity contribution in [2.45, 2.75) is 0 Å². The first-order valence-corrected chi connectivity index (χ1v) is 5.95. The molecule has 0 amide bonds. The first-order valence-electron chi connectivity index (χ1n) is 5.57. The first kappa shape index (κ1) is 13.2. The lowest BCUT2D eigenvalue weighted by Crippen LogP contribution is -1.88. The number of benzene rings is 2. The number of aliphatic carboxylic acids is 1. The van der Waals surface area contributed by atoms with Crippen LogP contribution in [0.2, 0.25) is 5.02 Å². The van der Waals surface area contributed by atoms with Crippen LogP contribution in [0.4, 0.5) is 0 Å². The molecule has 2 N–H and O–H groups in total. The molecule has 0 saturated heterocycles. The topological polar surface area (TPSA) is 57.5 Å². The Bertz CT molecular complexity index is 648. The van der Waals surface area contributed by atoms with E-state index in [0.717, 1.165) is 11.6 Å². The Labute approximate surface area is 115 Å². The van der Waals surface area contributed by atoms with Crippen LogP contribution in [-0.2, 0) is 4.79 Å². The first-order chi connectivity index (χ1) is 9.09. The predicted molar refractivity (Wildman–Crippen MR) is 75.2 cm³/mol. The van der Waals surface area contributed by atoms with Crippen LogP contribution < -0.4 is 0 Å². The minimum Gasteiger partial charge on any atom is -0.506 e. The van der Waals surface area contributed by atoms with E-state index in [4.69, 9.17) is 16.7 Å². The van der Waals surface area contributed by atoms with Crippen molar-refractivity contribution < 1.29 is 15.0 Å². The number of halogens is 1. The van der Waals surface area contributed by atoms with Gasteiger partial charge in [0.2, 0.25) is 0 Å². The number of phenols is 1. The molecule has 0 atom stereocenters. The van der Waals surface area contributed by atoms with Crippen molar-refractivity contribution in [2.75, 3.05) is 0 Å². The van der Waals surface area contributed by atoms with E-state index in [1.807, 2.05) is 6.07 Å². The van der Waals surface area contributed by atoms with Gasteiger partial charge >= 0.3 is 5.97 Å². The molecule has 0 aliphatic heterocycles. The van der Waals surface area contributed by atoms with Crippen LogP contribution >= 0.6 is 11.6 Å². The molecule has 0 aliphatic rings. The molecule has 96 valence electrons. The van der Waals surface area contributed by atoms with Crippen molar-refractivity contribution in [1.82, 2.24) is 0 Å². The summed E-state index contributed by atoms with van der Waals surface area (Å²) in [7, 11) is 0. The van der Waals surface area contributed by atoms with E-state index in [2.05, 4.69) is 0 Å². The van der Waals surface area contributed by atoms with E-state index in [0.29, 0.717) is 11.1 Å². The van der Waals surface area contributed by atoms with Gasteiger partial charge in [0.1, 0.15) is 5.75 Å². The Balaban J connectivity index is 2.56. The monoisotopic (exact) mass is 274 g/mol. The highest BCUT2D eigenvalue weighted by Gasteiger charge is 2.09. The number of carboxylic acid groups (broad SMARTS) is 1. The smallest absolute Gasteiger partial charge is 0.328 e. The van der Waals surface area contributed by atoms with E-state index in [1.165, 1.54) is 6.08 Å². The minimum atomic E-state index is -1.02. The number of hydrogen-bond donors (Lipinski definition) is 2. The number of para-hydroxylation sites is 1. The summed E-state index contributed by atoms with van der Waals surface area (Å²) in [6.45, 7) is 0. The second kappa shape index (κ2) is 5.59. The van der Waals surface area contributed by atoms with E-state index in [-0.39, 0.29) is 10.8 Å². The molecule has 2 aromatic rings. The minimum absolute atomic E-state index is 0.0136. The van der Waals surface area contributed by atoms with Crippen LogP contribution in [-0.4, -0.2) is 16.2 Å². The SMILES string of the molecule is O=C(O)/C=C/c1ccccc1-c1cccc(Cl)c1O. The van der Waals surface area contributed by atoms with E-state index in [1.54, 1.807) is 36.4 Å². The van der Waals surface area contributed by atoms with Gasteiger partial charge in [-0.15, -0.1) is 0 Å². The maximum atomic E-state index is 10.6. The third-order valence-corrected chi connectivity index (χ3v) is 2.95. The van der Waals surface area contributed by atoms with Crippen molar-refractivity contribution >= 4 is 23.6 Å². The van der Waals surface area contributed by atoms with Crippen LogP contribution in [0.3, 0.4) is 0 Å². The summed E-state index contributed by atoms with van der Waals surface area (Å²) in [5, 5.41) is 18.9. The van der Waals surface area contributed by atoms with Gasteiger partial charge in [-0.1, -0.05) is 48.0 Å². The third kappa shape index (κ3) is 2.95. The van der Waals surface area contributed by atoms with Gasteiger partial charge < -0.3 is 10.2 Å². The molecule has 0 fully saturated rings. The van der Waals surface area contributed by atoms with Crippen molar-refractivity contribution in [1.29, 1.82) is 0 Å². The Kier molecular flexibility index (Phi) is 3.88. The number of carboxylic acids is 1. The zero-order valence-electron chi connectivity index (χ0n) is 9.88. The standard InChI is InChI=1S/C15H11ClO3/c16-13-7-3-6-12(15(13)19)11-5-2-1-4-10(11)8-9-14(17)18/h1-9,19H,(H,17,18)/b9-8+. The molecule has 2 rings (SSSR count). The van der Waals surface area contributed by atoms with Gasteiger partial charge in [-0.3, -0.25) is 0 Å². The summed E-state index contributed by atoms with van der Waals surface area (Å²) in [6.07, 6.45) is 2.54. The average Bonchev–Trinajstić information content (AvgIpc) is 2.40. The molecular formula is C15H11ClO3. The zero-order chi connectivity index (χ0) is 13.8. The van der Waals surface area contributed by atoms with Crippen LogP contribution in [0, 0.1) is 0 Å². The second-order valence-corrected chi connectivity index (χ2v) is 4.30. The number of phenolic OH excluding ortho intramolecular Hbond substituents is 1. The van der Waals surface area contributed by atoms with Crippen LogP contribution in [0.5, 0.6) is 5.75 Å². The molecule has 0 bridgehead atoms. The fraction of sp³-hybridized carbons (Fsp3) is 0. The lowest BCUT2D eigenvalue weighted by atomic mass is 9.98. The zero-order valence-corrected chi connectivity index (χ0v) is 10.6. The Morgan fingerprint density at radius 3 is 2.47 bits per heavy atom. The highest BCUT2D eigenvalue weighted by Crippen LogP contribution is 2.36. The molecule has 0 spiro atoms. The molecule has 19 heavy (non-hydrogen) atoms. The number of hydrogen-bond acceptors (Lipinski definition) is 2. The quantitative estimate of drug-likeness (QED) is 0.837. The maximum absolute atomic E-state index is 10.6. The van der Waals surface area contributed by atoms with Gasteiger partial charge in [0, 0.05) is 11.6 Å². The van der Waals surface area contributed by atoms with Crippen molar-refractivity contribution in [3.8, 4) is 16.9 Å². The van der Waals surface area contributed by atoms with Gasteiger partial charge in [-0.25, -0.2) is 4.79 Å². The molecule has 0 heterocycles. The van der Waals surface area contributed by atoms with Crippen LogP contribution in [0.1, 0.15) is 5.56 Å². The van der Waals surface area contributed by atoms with E-state index in [9.17, 15) is 9.90 Å². The molecule has 0 aromatic heterocycles. The predicted octanol–water partition coefficient (Wildman–Crippen LogP) is 3.81. The maximum Gasteiger partial charge on any atom is 0.328 e. The third-order valence-electron chi connectivity index (χ3n) is 2.64. The number of rotatable bonds is 3. The molecule has 0 unspecified atom stereocenters. The van der Waals surface area contributed by atoms with Crippen molar-refractivity contribution in [3.05, 3.63) is 59.1 Å². The lowest BCUT2D eigenvalue weighted by Gasteiger charge is -2.09. The highest BCUT2D eigenvalue weighted by molar-refractivity contribution is 6.32. The lowest BCUT2D eigenvalue weighted by molar-refractivity contribution is -0.131. The summed E-state index contributed by atoms with van der Waals surface area (Å²) in [5.74, 6) is -1.04. The number of aromatic hydroxyl groups is 1. The summed E-state index contributed by atoms with van der Waals surface area (Å²) < 4.78 is 0. The number of carbonyl (C=O) groups is 1. The van der Waals surface area contributed by atoms with Crippen LogP contribution in [0.25, 0.3) is 17.2 Å². The normalized spacial score (nSPS) is 10.8. The Morgan fingerprint density at radius 1 is 1.05 bits per heavy atom. The van der Waals surface area contributed by atoms with E-state index >= 15 is 0 Å². The van der Waals surface area contributed by atoms with Gasteiger partial charge in [0.25, 0.3) is 0 Å². The summed E-state index contributed by atoms with van der Waals surface area (Å²) in [5.41, 5.74) is 1.99. The van der Waals surface area contributed by atoms with Gasteiger partial charge in [-0.2, -0.15) is 0 Å². The fourth-order valence-electron chi connectivity index (χ4n) is 1.78. The molecule has 2 aromatic carbocycles. The van der Waals surface area contributed by atoms with Crippen molar-refractivity contribution in [3.63, 3.8) is 0 Å². The van der Waals surface area contributed by atoms with Gasteiger partial charge in [-0.05, 0) is 23.3 Å². The average molecular weight is 275 g/mol. The molecule has 0 saturated carbocycles. The molecule has 4 heteroatoms. The highest BCUT2D eigenvalue weighted by atomic mass is 35.5. The molecule has 0 radical (unpaired) electrons. The van der Waals surface area contributed by atoms with Crippen molar-refractivity contribution in [2.24, 2.45) is 0 Å². The van der Waals surface area contributed by atoms with Gasteiger partial charge in [0.05, 0.1) is 5.02 Å². The summed E-state index contributed by atoms with van der Waals surface area (Å²) in [4.78, 5) is 10.6. The molecule has 0 aliphatic carbocycles. The summed E-state index contributed by atoms with van der Waals surface area (Å²) in [6, 6.07) is 12.2. The van der Waals surface area contributed by atoms with Gasteiger partial charge in [0.15, 0.2) is 0 Å². The Hall–Kier alpha value is -2.26.